The molecule has 0 amide bonds. The van der Waals surface area contributed by atoms with Gasteiger partial charge in [-0.25, -0.2) is 0 Å². The number of non-ortho nitro benzene ring substituents is 1. The Hall–Kier alpha value is -4.87. The topological polar surface area (TPSA) is 105 Å². The van der Waals surface area contributed by atoms with Crippen molar-refractivity contribution >= 4 is 24.0 Å². The highest BCUT2D eigenvalue weighted by molar-refractivity contribution is 7.69. The van der Waals surface area contributed by atoms with Crippen molar-refractivity contribution in [3.8, 4) is 28.4 Å². The molecule has 40 heavy (non-hydrogen) atoms. The number of nitrogen functional groups attached to an aromatic ring is 1. The molecule has 0 saturated heterocycles. The molecule has 0 saturated carbocycles. The predicted molar refractivity (Wildman–Crippen MR) is 157 cm³/mol. The number of para-hydroxylation sites is 1. The van der Waals surface area contributed by atoms with E-state index in [9.17, 15) is 10.1 Å². The lowest BCUT2D eigenvalue weighted by Gasteiger charge is -2.41. The van der Waals surface area contributed by atoms with Crippen LogP contribution in [0.25, 0.3) is 11.1 Å². The number of anilines is 1. The van der Waals surface area contributed by atoms with Crippen LogP contribution >= 0.6 is 7.37 Å². The standard InChI is InChI=1S/C32H25N2O5P/c1-32(22-10-14-24(33)15-11-22,23-12-18-26(19-13-23)38-27-20-16-25(17-21-27)34(35)36)40(37)31-9-5-3-7-29(31)28-6-2-4-8-30(28)39-40/h2-21H,33H2,1H3. The van der Waals surface area contributed by atoms with Gasteiger partial charge < -0.3 is 15.0 Å². The van der Waals surface area contributed by atoms with Gasteiger partial charge in [0.1, 0.15) is 22.4 Å². The Balaban J connectivity index is 1.46. The zero-order valence-corrected chi connectivity index (χ0v) is 22.5. The Morgan fingerprint density at radius 1 is 0.750 bits per heavy atom. The van der Waals surface area contributed by atoms with Crippen molar-refractivity contribution < 1.29 is 18.7 Å². The SMILES string of the molecule is CC(c1ccc(N)cc1)(c1ccc(Oc2ccc([N+](=O)[O-])cc2)cc1)P1(=O)Oc2ccccc2-c2ccccc21. The maximum atomic E-state index is 15.4. The summed E-state index contributed by atoms with van der Waals surface area (Å²) in [5, 5.41) is 10.5. The molecule has 0 spiro atoms. The first-order chi connectivity index (χ1) is 19.3. The zero-order chi connectivity index (χ0) is 27.9. The molecule has 0 bridgehead atoms. The first-order valence-electron chi connectivity index (χ1n) is 12.7. The molecule has 1 aliphatic heterocycles. The molecule has 2 atom stereocenters. The Morgan fingerprint density at radius 2 is 1.27 bits per heavy atom. The Bertz CT molecular complexity index is 1770. The molecular formula is C32H25N2O5P. The van der Waals surface area contributed by atoms with Gasteiger partial charge >= 0.3 is 0 Å². The van der Waals surface area contributed by atoms with Crippen LogP contribution in [0.15, 0.2) is 121 Å². The van der Waals surface area contributed by atoms with Gasteiger partial charge in [0.15, 0.2) is 0 Å². The van der Waals surface area contributed by atoms with Crippen LogP contribution in [0.3, 0.4) is 0 Å². The van der Waals surface area contributed by atoms with E-state index in [1.807, 2.05) is 79.7 Å². The minimum Gasteiger partial charge on any atom is -0.457 e. The molecular weight excluding hydrogens is 523 g/mol. The van der Waals surface area contributed by atoms with Crippen LogP contribution in [0.2, 0.25) is 0 Å². The van der Waals surface area contributed by atoms with Crippen molar-refractivity contribution in [1.29, 1.82) is 0 Å². The number of nitrogens with zero attached hydrogens (tertiary/aromatic N) is 1. The molecule has 7 nitrogen and oxygen atoms in total. The minimum atomic E-state index is -3.66. The van der Waals surface area contributed by atoms with Crippen molar-refractivity contribution in [2.45, 2.75) is 12.1 Å². The van der Waals surface area contributed by atoms with Crippen LogP contribution in [-0.4, -0.2) is 4.92 Å². The van der Waals surface area contributed by atoms with E-state index in [0.717, 1.165) is 22.3 Å². The minimum absolute atomic E-state index is 0.0130. The number of rotatable bonds is 6. The summed E-state index contributed by atoms with van der Waals surface area (Å²) in [6, 6.07) is 35.9. The van der Waals surface area contributed by atoms with E-state index < -0.39 is 17.4 Å². The van der Waals surface area contributed by atoms with Gasteiger partial charge in [0.05, 0.1) is 10.2 Å². The molecule has 0 radical (unpaired) electrons. The molecule has 1 aliphatic rings. The predicted octanol–water partition coefficient (Wildman–Crippen LogP) is 7.90. The molecule has 0 aliphatic carbocycles. The number of hydrogen-bond acceptors (Lipinski definition) is 6. The molecule has 198 valence electrons. The number of nitro benzene ring substituents is 1. The van der Waals surface area contributed by atoms with Crippen molar-refractivity contribution in [2.24, 2.45) is 0 Å². The van der Waals surface area contributed by atoms with Gasteiger partial charge in [-0.3, -0.25) is 14.7 Å². The maximum Gasteiger partial charge on any atom is 0.292 e. The molecule has 8 heteroatoms. The van der Waals surface area contributed by atoms with Crippen LogP contribution in [0.1, 0.15) is 18.1 Å². The fourth-order valence-corrected chi connectivity index (χ4v) is 8.15. The Labute approximate surface area is 231 Å². The summed E-state index contributed by atoms with van der Waals surface area (Å²) >= 11 is 0. The average molecular weight is 549 g/mol. The number of nitrogens with two attached hydrogens (primary N) is 1. The maximum absolute atomic E-state index is 15.4. The van der Waals surface area contributed by atoms with Gasteiger partial charge in [-0.05, 0) is 72.1 Å². The van der Waals surface area contributed by atoms with Crippen LogP contribution < -0.4 is 20.3 Å². The third-order valence-corrected chi connectivity index (χ3v) is 10.6. The molecule has 1 heterocycles. The molecule has 2 unspecified atom stereocenters. The lowest BCUT2D eigenvalue weighted by atomic mass is 9.91. The fourth-order valence-electron chi connectivity index (χ4n) is 5.18. The summed E-state index contributed by atoms with van der Waals surface area (Å²) in [6.45, 7) is 1.94. The number of benzene rings is 5. The fraction of sp³-hybridized carbons (Fsp3) is 0.0625. The summed E-state index contributed by atoms with van der Waals surface area (Å²) in [5.74, 6) is 1.57. The lowest BCUT2D eigenvalue weighted by Crippen LogP contribution is -2.34. The Morgan fingerprint density at radius 3 is 1.90 bits per heavy atom. The van der Waals surface area contributed by atoms with Gasteiger partial charge in [0.2, 0.25) is 0 Å². The van der Waals surface area contributed by atoms with E-state index in [1.54, 1.807) is 36.4 Å². The van der Waals surface area contributed by atoms with E-state index >= 15 is 4.57 Å². The van der Waals surface area contributed by atoms with Crippen LogP contribution in [0.5, 0.6) is 17.2 Å². The van der Waals surface area contributed by atoms with Crippen LogP contribution in [0.4, 0.5) is 11.4 Å². The summed E-state index contributed by atoms with van der Waals surface area (Å²) in [5.41, 5.74) is 9.96. The molecule has 5 aromatic carbocycles. The number of ether oxygens (including phenoxy) is 1. The molecule has 0 aromatic heterocycles. The monoisotopic (exact) mass is 548 g/mol. The van der Waals surface area contributed by atoms with E-state index in [4.69, 9.17) is 15.0 Å². The third kappa shape index (κ3) is 4.12. The number of hydrogen-bond donors (Lipinski definition) is 1. The molecule has 6 rings (SSSR count). The third-order valence-electron chi connectivity index (χ3n) is 7.39. The lowest BCUT2D eigenvalue weighted by molar-refractivity contribution is -0.384. The van der Waals surface area contributed by atoms with E-state index in [2.05, 4.69) is 0 Å². The zero-order valence-electron chi connectivity index (χ0n) is 21.6. The summed E-state index contributed by atoms with van der Waals surface area (Å²) in [7, 11) is -3.66. The van der Waals surface area contributed by atoms with Crippen molar-refractivity contribution in [3.63, 3.8) is 0 Å². The number of fused-ring (bicyclic) bond motifs is 3. The van der Waals surface area contributed by atoms with Gasteiger partial charge in [-0.1, -0.05) is 60.7 Å². The second kappa shape index (κ2) is 9.70. The highest BCUT2D eigenvalue weighted by Crippen LogP contribution is 2.69. The number of nitro groups is 1. The van der Waals surface area contributed by atoms with Gasteiger partial charge in [0, 0.05) is 23.4 Å². The quantitative estimate of drug-likeness (QED) is 0.100. The first kappa shape index (κ1) is 25.4. The van der Waals surface area contributed by atoms with Crippen molar-refractivity contribution in [3.05, 3.63) is 143 Å². The van der Waals surface area contributed by atoms with Gasteiger partial charge in [-0.2, -0.15) is 0 Å². The van der Waals surface area contributed by atoms with Crippen molar-refractivity contribution in [1.82, 2.24) is 0 Å². The second-order valence-electron chi connectivity index (χ2n) is 9.73. The van der Waals surface area contributed by atoms with E-state index in [0.29, 0.717) is 28.2 Å². The van der Waals surface area contributed by atoms with E-state index in [1.165, 1.54) is 12.1 Å². The average Bonchev–Trinajstić information content (AvgIpc) is 2.98. The van der Waals surface area contributed by atoms with Crippen molar-refractivity contribution in [2.75, 3.05) is 5.73 Å². The highest BCUT2D eigenvalue weighted by atomic mass is 31.2. The van der Waals surface area contributed by atoms with Gasteiger partial charge in [-0.15, -0.1) is 0 Å². The van der Waals surface area contributed by atoms with Gasteiger partial charge in [0.25, 0.3) is 13.1 Å². The van der Waals surface area contributed by atoms with Crippen LogP contribution in [0, 0.1) is 10.1 Å². The summed E-state index contributed by atoms with van der Waals surface area (Å²) < 4.78 is 27.9. The van der Waals surface area contributed by atoms with E-state index in [-0.39, 0.29) is 5.69 Å². The Kier molecular flexibility index (Phi) is 6.16. The normalized spacial score (nSPS) is 17.0. The first-order valence-corrected chi connectivity index (χ1v) is 14.3. The smallest absolute Gasteiger partial charge is 0.292 e. The second-order valence-corrected chi connectivity index (χ2v) is 12.4. The largest absolute Gasteiger partial charge is 0.457 e. The highest BCUT2D eigenvalue weighted by Gasteiger charge is 2.53. The molecule has 0 fully saturated rings. The molecule has 5 aromatic rings. The summed E-state index contributed by atoms with van der Waals surface area (Å²) in [6.07, 6.45) is 0. The van der Waals surface area contributed by atoms with Crippen LogP contribution in [-0.2, 0) is 9.72 Å². The molecule has 2 N–H and O–H groups in total. The summed E-state index contributed by atoms with van der Waals surface area (Å²) in [4.78, 5) is 10.5.